The largest absolute Gasteiger partial charge is 0.480 e. The molecule has 1 aromatic heterocycles. The number of nitrogens with two attached hydrogens (primary N) is 1. The molecular weight excluding hydrogens is 356 g/mol. The van der Waals surface area contributed by atoms with Crippen LogP contribution in [0.2, 0.25) is 0 Å². The molecule has 0 bridgehead atoms. The smallest absolute Gasteiger partial charge is 0.325 e. The van der Waals surface area contributed by atoms with Gasteiger partial charge in [0.15, 0.2) is 0 Å². The van der Waals surface area contributed by atoms with Gasteiger partial charge in [-0.25, -0.2) is 8.42 Å². The van der Waals surface area contributed by atoms with Crippen LogP contribution < -0.4 is 5.73 Å². The molecule has 0 amide bonds. The van der Waals surface area contributed by atoms with Crippen LogP contribution in [0.5, 0.6) is 0 Å². The van der Waals surface area contributed by atoms with Crippen molar-refractivity contribution in [1.82, 2.24) is 4.31 Å². The molecule has 1 saturated heterocycles. The predicted molar refractivity (Wildman–Crippen MR) is 74.7 cm³/mol. The Morgan fingerprint density at radius 3 is 2.68 bits per heavy atom. The molecule has 9 heteroatoms. The van der Waals surface area contributed by atoms with Crippen molar-refractivity contribution in [3.05, 3.63) is 15.4 Å². The lowest BCUT2D eigenvalue weighted by Gasteiger charge is -2.19. The van der Waals surface area contributed by atoms with E-state index in [1.165, 1.54) is 0 Å². The molecule has 1 aliphatic rings. The summed E-state index contributed by atoms with van der Waals surface area (Å²) in [6, 6.07) is 1.57. The van der Waals surface area contributed by atoms with Crippen LogP contribution >= 0.6 is 27.3 Å². The normalized spacial score (nSPS) is 24.8. The summed E-state index contributed by atoms with van der Waals surface area (Å²) in [7, 11) is -3.67. The Morgan fingerprint density at radius 2 is 2.26 bits per heavy atom. The van der Waals surface area contributed by atoms with E-state index in [1.54, 1.807) is 13.0 Å². The Labute approximate surface area is 123 Å². The number of sulfonamides is 1. The van der Waals surface area contributed by atoms with Crippen molar-refractivity contribution in [3.8, 4) is 0 Å². The molecule has 1 aliphatic heterocycles. The maximum absolute atomic E-state index is 12.4. The molecule has 1 fully saturated rings. The predicted octanol–water partition coefficient (Wildman–Crippen LogP) is 0.996. The number of carbonyl (C=O) groups is 1. The van der Waals surface area contributed by atoms with Crippen LogP contribution in [-0.4, -0.2) is 42.4 Å². The van der Waals surface area contributed by atoms with E-state index in [0.29, 0.717) is 0 Å². The zero-order valence-electron chi connectivity index (χ0n) is 10.1. The molecule has 0 aromatic carbocycles. The van der Waals surface area contributed by atoms with Gasteiger partial charge in [-0.3, -0.25) is 4.79 Å². The van der Waals surface area contributed by atoms with Crippen LogP contribution in [-0.2, 0) is 14.8 Å². The third-order valence-corrected chi connectivity index (χ3v) is 7.55. The lowest BCUT2D eigenvalue weighted by molar-refractivity contribution is -0.142. The topological polar surface area (TPSA) is 101 Å². The molecule has 1 aromatic rings. The quantitative estimate of drug-likeness (QED) is 0.828. The van der Waals surface area contributed by atoms with E-state index < -0.39 is 21.5 Å². The molecule has 0 aliphatic carbocycles. The van der Waals surface area contributed by atoms with Crippen LogP contribution in [0.3, 0.4) is 0 Å². The molecule has 0 radical (unpaired) electrons. The van der Waals surface area contributed by atoms with Gasteiger partial charge >= 0.3 is 5.97 Å². The molecular formula is C10H13BrN2O4S2. The average molecular weight is 369 g/mol. The third-order valence-electron chi connectivity index (χ3n) is 3.12. The Morgan fingerprint density at radius 1 is 1.63 bits per heavy atom. The molecule has 1 unspecified atom stereocenters. The minimum absolute atomic E-state index is 0.118. The molecule has 0 spiro atoms. The molecule has 3 N–H and O–H groups in total. The number of hydrogen-bond acceptors (Lipinski definition) is 5. The van der Waals surface area contributed by atoms with Crippen LogP contribution in [0.15, 0.2) is 14.1 Å². The summed E-state index contributed by atoms with van der Waals surface area (Å²) in [6.07, 6.45) is 0.118. The average Bonchev–Trinajstić information content (AvgIpc) is 2.86. The first-order valence-electron chi connectivity index (χ1n) is 5.45. The molecule has 1 atom stereocenters. The van der Waals surface area contributed by atoms with Crippen molar-refractivity contribution >= 4 is 43.3 Å². The van der Waals surface area contributed by atoms with Crippen molar-refractivity contribution in [2.75, 3.05) is 13.1 Å². The van der Waals surface area contributed by atoms with Crippen molar-refractivity contribution in [2.24, 2.45) is 5.73 Å². The van der Waals surface area contributed by atoms with Crippen molar-refractivity contribution < 1.29 is 18.3 Å². The Balaban J connectivity index is 2.30. The van der Waals surface area contributed by atoms with Gasteiger partial charge in [-0.15, -0.1) is 11.3 Å². The highest BCUT2D eigenvalue weighted by molar-refractivity contribution is 9.11. The fourth-order valence-corrected chi connectivity index (χ4v) is 5.75. The van der Waals surface area contributed by atoms with Crippen LogP contribution in [0.25, 0.3) is 0 Å². The SMILES string of the molecule is Cc1cc(S(=O)(=O)N2CCC(N)(C(=O)O)C2)sc1Br. The van der Waals surface area contributed by atoms with Crippen LogP contribution in [0.4, 0.5) is 0 Å². The van der Waals surface area contributed by atoms with E-state index in [4.69, 9.17) is 10.8 Å². The van der Waals surface area contributed by atoms with Crippen LogP contribution in [0.1, 0.15) is 12.0 Å². The van der Waals surface area contributed by atoms with Crippen LogP contribution in [0, 0.1) is 6.92 Å². The standard InChI is InChI=1S/C10H13BrN2O4S2/c1-6-4-7(18-8(6)11)19(16,17)13-3-2-10(12,5-13)9(14)15/h4H,2-3,5,12H2,1H3,(H,14,15). The minimum atomic E-state index is -3.67. The fraction of sp³-hybridized carbons (Fsp3) is 0.500. The van der Waals surface area contributed by atoms with E-state index in [2.05, 4.69) is 15.9 Å². The van der Waals surface area contributed by atoms with E-state index >= 15 is 0 Å². The van der Waals surface area contributed by atoms with Gasteiger partial charge in [0.05, 0.1) is 3.79 Å². The maximum Gasteiger partial charge on any atom is 0.325 e. The first-order valence-corrected chi connectivity index (χ1v) is 8.50. The summed E-state index contributed by atoms with van der Waals surface area (Å²) in [5.74, 6) is -1.17. The second-order valence-corrected chi connectivity index (χ2v) is 9.11. The maximum atomic E-state index is 12.4. The summed E-state index contributed by atoms with van der Waals surface area (Å²) >= 11 is 4.39. The van der Waals surface area contributed by atoms with Gasteiger partial charge in [0.25, 0.3) is 10.0 Å². The lowest BCUT2D eigenvalue weighted by Crippen LogP contribution is -2.50. The van der Waals surface area contributed by atoms with Gasteiger partial charge in [0.2, 0.25) is 0 Å². The Hall–Kier alpha value is -0.480. The number of carboxylic acid groups (broad SMARTS) is 1. The van der Waals surface area contributed by atoms with Crippen molar-refractivity contribution in [2.45, 2.75) is 23.1 Å². The highest BCUT2D eigenvalue weighted by atomic mass is 79.9. The summed E-state index contributed by atoms with van der Waals surface area (Å²) in [4.78, 5) is 11.0. The highest BCUT2D eigenvalue weighted by Crippen LogP contribution is 2.34. The number of halogens is 1. The minimum Gasteiger partial charge on any atom is -0.480 e. The lowest BCUT2D eigenvalue weighted by atomic mass is 10.0. The zero-order valence-corrected chi connectivity index (χ0v) is 13.3. The number of nitrogens with zero attached hydrogens (tertiary/aromatic N) is 1. The highest BCUT2D eigenvalue weighted by Gasteiger charge is 2.46. The van der Waals surface area contributed by atoms with Crippen molar-refractivity contribution in [1.29, 1.82) is 0 Å². The van der Waals surface area contributed by atoms with E-state index in [1.807, 2.05) is 0 Å². The number of aliphatic carboxylic acids is 1. The second kappa shape index (κ2) is 4.81. The number of hydrogen-bond donors (Lipinski definition) is 2. The Bertz CT molecular complexity index is 608. The molecule has 2 rings (SSSR count). The van der Waals surface area contributed by atoms with Gasteiger partial charge < -0.3 is 10.8 Å². The van der Waals surface area contributed by atoms with E-state index in [0.717, 1.165) is 25.0 Å². The Kier molecular flexibility index (Phi) is 3.78. The molecule has 106 valence electrons. The van der Waals surface area contributed by atoms with Gasteiger partial charge in [-0.1, -0.05) is 0 Å². The summed E-state index contributed by atoms with van der Waals surface area (Å²) in [5.41, 5.74) is 5.03. The fourth-order valence-electron chi connectivity index (χ4n) is 1.86. The first kappa shape index (κ1) is 14.9. The number of carboxylic acids is 1. The van der Waals surface area contributed by atoms with Gasteiger partial charge in [0, 0.05) is 13.1 Å². The van der Waals surface area contributed by atoms with Gasteiger partial charge in [0.1, 0.15) is 9.75 Å². The summed E-state index contributed by atoms with van der Waals surface area (Å²) in [6.45, 7) is 1.73. The number of aryl methyl sites for hydroxylation is 1. The molecule has 6 nitrogen and oxygen atoms in total. The van der Waals surface area contributed by atoms with Gasteiger partial charge in [-0.05, 0) is 40.9 Å². The molecule has 2 heterocycles. The number of rotatable bonds is 3. The number of thiophene rings is 1. The van der Waals surface area contributed by atoms with E-state index in [-0.39, 0.29) is 23.7 Å². The van der Waals surface area contributed by atoms with Crippen molar-refractivity contribution in [3.63, 3.8) is 0 Å². The summed E-state index contributed by atoms with van der Waals surface area (Å²) < 4.78 is 26.8. The van der Waals surface area contributed by atoms with E-state index in [9.17, 15) is 13.2 Å². The zero-order chi connectivity index (χ0) is 14.4. The second-order valence-electron chi connectivity index (χ2n) is 4.57. The summed E-state index contributed by atoms with van der Waals surface area (Å²) in [5, 5.41) is 9.02. The first-order chi connectivity index (χ1) is 8.67. The molecule has 0 saturated carbocycles. The van der Waals surface area contributed by atoms with Gasteiger partial charge in [-0.2, -0.15) is 4.31 Å². The monoisotopic (exact) mass is 368 g/mol. The third kappa shape index (κ3) is 2.57. The molecule has 19 heavy (non-hydrogen) atoms.